The number of thioether (sulfide) groups is 1. The monoisotopic (exact) mass is 340 g/mol. The van der Waals surface area contributed by atoms with E-state index in [4.69, 9.17) is 4.74 Å². The van der Waals surface area contributed by atoms with Crippen LogP contribution in [0.2, 0.25) is 0 Å². The van der Waals surface area contributed by atoms with Crippen molar-refractivity contribution in [3.63, 3.8) is 0 Å². The molecule has 3 rings (SSSR count). The second-order valence-corrected chi connectivity index (χ2v) is 6.22. The number of nitrogens with zero attached hydrogens (tertiary/aromatic N) is 1. The molecule has 0 aromatic heterocycles. The first kappa shape index (κ1) is 12.7. The summed E-state index contributed by atoms with van der Waals surface area (Å²) in [5.74, 6) is 0.0808. The normalized spacial score (nSPS) is 20.8. The second kappa shape index (κ2) is 4.97. The van der Waals surface area contributed by atoms with Gasteiger partial charge in [0.2, 0.25) is 0 Å². The van der Waals surface area contributed by atoms with Crippen molar-refractivity contribution in [1.82, 2.24) is 5.32 Å². The van der Waals surface area contributed by atoms with Gasteiger partial charge in [-0.2, -0.15) is 0 Å². The van der Waals surface area contributed by atoms with E-state index in [1.807, 2.05) is 18.2 Å². The zero-order chi connectivity index (χ0) is 13.4. The first-order valence-corrected chi connectivity index (χ1v) is 7.32. The Bertz CT molecular complexity index is 603. The summed E-state index contributed by atoms with van der Waals surface area (Å²) in [7, 11) is 0. The minimum Gasteiger partial charge on any atom is -0.492 e. The molecule has 1 N–H and O–H groups in total. The lowest BCUT2D eigenvalue weighted by atomic mass is 10.1. The van der Waals surface area contributed by atoms with Crippen LogP contribution < -0.4 is 10.1 Å². The molecule has 98 valence electrons. The Kier molecular flexibility index (Phi) is 3.32. The van der Waals surface area contributed by atoms with Gasteiger partial charge >= 0.3 is 5.91 Å². The highest BCUT2D eigenvalue weighted by Crippen LogP contribution is 2.43. The van der Waals surface area contributed by atoms with Crippen molar-refractivity contribution < 1.29 is 9.53 Å². The number of amides is 1. The van der Waals surface area contributed by atoms with Crippen LogP contribution in [0.1, 0.15) is 12.0 Å². The molecule has 1 unspecified atom stereocenters. The van der Waals surface area contributed by atoms with Crippen molar-refractivity contribution in [2.24, 2.45) is 5.18 Å². The molecule has 0 fully saturated rings. The Morgan fingerprint density at radius 1 is 1.53 bits per heavy atom. The number of nitrogens with one attached hydrogen (secondary N) is 1. The molecule has 0 saturated carbocycles. The maximum atomic E-state index is 11.4. The number of nitroso groups, excluding NO2 is 1. The molecule has 2 aliphatic rings. The van der Waals surface area contributed by atoms with Crippen molar-refractivity contribution in [3.05, 3.63) is 38.0 Å². The quantitative estimate of drug-likeness (QED) is 0.796. The highest BCUT2D eigenvalue weighted by Gasteiger charge is 2.33. The fraction of sp³-hybridized carbons (Fsp3) is 0.250. The summed E-state index contributed by atoms with van der Waals surface area (Å²) < 4.78 is 6.63. The van der Waals surface area contributed by atoms with Crippen LogP contribution in [-0.4, -0.2) is 17.9 Å². The van der Waals surface area contributed by atoms with E-state index in [2.05, 4.69) is 26.4 Å². The van der Waals surface area contributed by atoms with Gasteiger partial charge in [-0.25, -0.2) is 0 Å². The number of benzene rings is 1. The molecule has 5 nitrogen and oxygen atoms in total. The summed E-state index contributed by atoms with van der Waals surface area (Å²) in [6, 6.07) is 5.73. The van der Waals surface area contributed by atoms with Crippen LogP contribution in [0.15, 0.2) is 32.8 Å². The topological polar surface area (TPSA) is 67.8 Å². The van der Waals surface area contributed by atoms with E-state index in [1.54, 1.807) is 0 Å². The Balaban J connectivity index is 1.99. The van der Waals surface area contributed by atoms with Gasteiger partial charge in [-0.1, -0.05) is 27.7 Å². The molecule has 0 bridgehead atoms. The van der Waals surface area contributed by atoms with Crippen molar-refractivity contribution in [2.75, 3.05) is 6.61 Å². The first-order chi connectivity index (χ1) is 9.19. The fourth-order valence-electron chi connectivity index (χ4n) is 2.09. The maximum absolute atomic E-state index is 11.4. The van der Waals surface area contributed by atoms with Gasteiger partial charge < -0.3 is 10.1 Å². The third kappa shape index (κ3) is 2.28. The van der Waals surface area contributed by atoms with Gasteiger partial charge in [0.25, 0.3) is 0 Å². The molecule has 0 aliphatic carbocycles. The zero-order valence-corrected chi connectivity index (χ0v) is 12.1. The van der Waals surface area contributed by atoms with Gasteiger partial charge in [0.05, 0.1) is 12.3 Å². The molecule has 2 aliphatic heterocycles. The number of halogens is 1. The number of ether oxygens (including phenoxy) is 1. The van der Waals surface area contributed by atoms with E-state index in [0.717, 1.165) is 26.4 Å². The lowest BCUT2D eigenvalue weighted by Gasteiger charge is -2.12. The summed E-state index contributed by atoms with van der Waals surface area (Å²) in [4.78, 5) is 22.8. The van der Waals surface area contributed by atoms with Crippen molar-refractivity contribution >= 4 is 39.3 Å². The second-order valence-electron chi connectivity index (χ2n) is 4.11. The number of hydrogen-bond donors (Lipinski definition) is 1. The predicted octanol–water partition coefficient (Wildman–Crippen LogP) is 2.86. The van der Waals surface area contributed by atoms with Crippen LogP contribution in [0.25, 0.3) is 5.70 Å². The molecule has 1 aromatic rings. The Labute approximate surface area is 121 Å². The lowest BCUT2D eigenvalue weighted by molar-refractivity contribution is -0.117. The van der Waals surface area contributed by atoms with Gasteiger partial charge in [-0.3, -0.25) is 4.79 Å². The zero-order valence-electron chi connectivity index (χ0n) is 9.68. The van der Waals surface area contributed by atoms with Gasteiger partial charge in [-0.05, 0) is 18.2 Å². The number of fused-ring (bicyclic) bond motifs is 2. The SMILES string of the molecule is O=NC(=O)C1NC2=C(CCOc3cc(Br)ccc32)S1. The minimum absolute atomic E-state index is 0.548. The average Bonchev–Trinajstić information content (AvgIpc) is 2.75. The standard InChI is InChI=1S/C12H9BrN2O3S/c13-6-1-2-7-8(5-6)18-4-3-9-10(7)14-12(19-9)11(16)15-17/h1-2,5,12,14H,3-4H2. The van der Waals surface area contributed by atoms with E-state index < -0.39 is 11.3 Å². The molecule has 1 aromatic carbocycles. The Hall–Kier alpha value is -1.34. The summed E-state index contributed by atoms with van der Waals surface area (Å²) in [6.45, 7) is 0.548. The lowest BCUT2D eigenvalue weighted by Crippen LogP contribution is -2.27. The van der Waals surface area contributed by atoms with Crippen LogP contribution in [0.3, 0.4) is 0 Å². The summed E-state index contributed by atoms with van der Waals surface area (Å²) >= 11 is 4.74. The third-order valence-electron chi connectivity index (χ3n) is 2.93. The van der Waals surface area contributed by atoms with E-state index in [9.17, 15) is 9.70 Å². The maximum Gasteiger partial charge on any atom is 0.318 e. The largest absolute Gasteiger partial charge is 0.492 e. The van der Waals surface area contributed by atoms with Crippen molar-refractivity contribution in [3.8, 4) is 5.75 Å². The number of carbonyl (C=O) groups excluding carboxylic acids is 1. The minimum atomic E-state index is -0.683. The van der Waals surface area contributed by atoms with E-state index in [1.165, 1.54) is 11.8 Å². The Morgan fingerprint density at radius 3 is 3.16 bits per heavy atom. The average molecular weight is 341 g/mol. The fourth-order valence-corrected chi connectivity index (χ4v) is 3.52. The molecular formula is C12H9BrN2O3S. The van der Waals surface area contributed by atoms with Crippen LogP contribution >= 0.6 is 27.7 Å². The molecule has 1 amide bonds. The predicted molar refractivity (Wildman–Crippen MR) is 76.5 cm³/mol. The van der Waals surface area contributed by atoms with E-state index in [0.29, 0.717) is 13.0 Å². The summed E-state index contributed by atoms with van der Waals surface area (Å²) in [5, 5.41) is 4.93. The third-order valence-corrected chi connectivity index (χ3v) is 4.67. The van der Waals surface area contributed by atoms with Crippen LogP contribution in [0.5, 0.6) is 5.75 Å². The highest BCUT2D eigenvalue weighted by atomic mass is 79.9. The first-order valence-electron chi connectivity index (χ1n) is 5.65. The summed E-state index contributed by atoms with van der Waals surface area (Å²) in [6.07, 6.45) is 0.710. The van der Waals surface area contributed by atoms with Crippen molar-refractivity contribution in [2.45, 2.75) is 11.8 Å². The van der Waals surface area contributed by atoms with Gasteiger partial charge in [0, 0.05) is 26.5 Å². The van der Waals surface area contributed by atoms with Crippen LogP contribution in [0.4, 0.5) is 0 Å². The molecule has 2 heterocycles. The smallest absolute Gasteiger partial charge is 0.318 e. The molecule has 19 heavy (non-hydrogen) atoms. The van der Waals surface area contributed by atoms with E-state index >= 15 is 0 Å². The molecular weight excluding hydrogens is 332 g/mol. The molecule has 0 radical (unpaired) electrons. The molecule has 1 atom stereocenters. The van der Waals surface area contributed by atoms with Crippen LogP contribution in [-0.2, 0) is 4.79 Å². The van der Waals surface area contributed by atoms with Crippen molar-refractivity contribution in [1.29, 1.82) is 0 Å². The number of carbonyl (C=O) groups is 1. The van der Waals surface area contributed by atoms with Gasteiger partial charge in [0.15, 0.2) is 5.37 Å². The van der Waals surface area contributed by atoms with Crippen LogP contribution in [0, 0.1) is 4.91 Å². The number of hydrogen-bond acceptors (Lipinski definition) is 5. The molecule has 0 saturated heterocycles. The molecule has 0 spiro atoms. The number of rotatable bonds is 1. The van der Waals surface area contributed by atoms with Gasteiger partial charge in [-0.15, -0.1) is 4.91 Å². The highest BCUT2D eigenvalue weighted by molar-refractivity contribution is 9.10. The molecule has 7 heteroatoms. The van der Waals surface area contributed by atoms with Gasteiger partial charge in [0.1, 0.15) is 5.75 Å². The Morgan fingerprint density at radius 2 is 2.37 bits per heavy atom. The summed E-state index contributed by atoms with van der Waals surface area (Å²) in [5.41, 5.74) is 1.77. The van der Waals surface area contributed by atoms with E-state index in [-0.39, 0.29) is 0 Å².